The molecule has 0 amide bonds. The van der Waals surface area contributed by atoms with Gasteiger partial charge in [0.25, 0.3) is 0 Å². The summed E-state index contributed by atoms with van der Waals surface area (Å²) in [7, 11) is 0. The molecule has 0 aliphatic carbocycles. The van der Waals surface area contributed by atoms with E-state index in [1.165, 1.54) is 6.07 Å². The highest BCUT2D eigenvalue weighted by Gasteiger charge is 2.32. The van der Waals surface area contributed by atoms with E-state index in [4.69, 9.17) is 0 Å². The van der Waals surface area contributed by atoms with Gasteiger partial charge in [-0.25, -0.2) is 0 Å². The molecule has 1 rings (SSSR count). The predicted molar refractivity (Wildman–Crippen MR) is 61.7 cm³/mol. The van der Waals surface area contributed by atoms with Gasteiger partial charge < -0.3 is 0 Å². The Balaban J connectivity index is 3.15. The average Bonchev–Trinajstić information content (AvgIpc) is 2.02. The lowest BCUT2D eigenvalue weighted by Crippen LogP contribution is -2.09. The molecule has 0 saturated carbocycles. The van der Waals surface area contributed by atoms with Crippen molar-refractivity contribution in [1.82, 2.24) is 0 Å². The molecule has 14 heavy (non-hydrogen) atoms. The van der Waals surface area contributed by atoms with Crippen molar-refractivity contribution in [3.05, 3.63) is 32.9 Å². The Kier molecular flexibility index (Phi) is 4.24. The van der Waals surface area contributed by atoms with Gasteiger partial charge in [0.15, 0.2) is 0 Å². The molecule has 1 aromatic carbocycles. The summed E-state index contributed by atoms with van der Waals surface area (Å²) < 4.78 is 38.3. The Morgan fingerprint density at radius 3 is 2.43 bits per heavy atom. The third-order valence-electron chi connectivity index (χ3n) is 1.74. The van der Waals surface area contributed by atoms with E-state index >= 15 is 0 Å². The van der Waals surface area contributed by atoms with E-state index in [2.05, 4.69) is 15.9 Å². The van der Waals surface area contributed by atoms with Crippen LogP contribution in [-0.2, 0) is 12.6 Å². The molecule has 0 unspecified atom stereocenters. The van der Waals surface area contributed by atoms with E-state index in [-0.39, 0.29) is 0 Å². The minimum absolute atomic E-state index is 0.348. The smallest absolute Gasteiger partial charge is 0.166 e. The van der Waals surface area contributed by atoms with Crippen LogP contribution in [0.5, 0.6) is 0 Å². The highest BCUT2D eigenvalue weighted by atomic mass is 127. The fourth-order valence-corrected chi connectivity index (χ4v) is 2.13. The maximum Gasteiger partial charge on any atom is 0.416 e. The second kappa shape index (κ2) is 4.83. The van der Waals surface area contributed by atoms with Crippen LogP contribution in [0.25, 0.3) is 0 Å². The molecular weight excluding hydrogens is 372 g/mol. The first-order valence-electron chi connectivity index (χ1n) is 3.86. The van der Waals surface area contributed by atoms with E-state index < -0.39 is 11.7 Å². The number of halogens is 5. The molecule has 0 atom stereocenters. The fraction of sp³-hybridized carbons (Fsp3) is 0.333. The summed E-state index contributed by atoms with van der Waals surface area (Å²) in [6.07, 6.45) is -3.85. The lowest BCUT2D eigenvalue weighted by Gasteiger charge is -2.12. The van der Waals surface area contributed by atoms with Crippen LogP contribution < -0.4 is 0 Å². The van der Waals surface area contributed by atoms with E-state index in [1.54, 1.807) is 6.07 Å². The number of hydrogen-bond acceptors (Lipinski definition) is 0. The van der Waals surface area contributed by atoms with Gasteiger partial charge in [-0.1, -0.05) is 15.9 Å². The topological polar surface area (TPSA) is 0 Å². The van der Waals surface area contributed by atoms with Crippen LogP contribution in [0.1, 0.15) is 11.1 Å². The molecule has 0 bridgehead atoms. The van der Waals surface area contributed by atoms with Crippen LogP contribution in [0.2, 0.25) is 0 Å². The molecule has 0 heterocycles. The third-order valence-corrected chi connectivity index (χ3v) is 2.80. The third kappa shape index (κ3) is 3.12. The highest BCUT2D eigenvalue weighted by molar-refractivity contribution is 14.1. The molecule has 1 aromatic rings. The first-order chi connectivity index (χ1) is 6.45. The highest BCUT2D eigenvalue weighted by Crippen LogP contribution is 2.33. The van der Waals surface area contributed by atoms with Gasteiger partial charge in [-0.15, -0.1) is 0 Å². The van der Waals surface area contributed by atoms with Crippen molar-refractivity contribution in [2.24, 2.45) is 0 Å². The Morgan fingerprint density at radius 1 is 1.29 bits per heavy atom. The van der Waals surface area contributed by atoms with Gasteiger partial charge in [0.1, 0.15) is 0 Å². The Bertz CT molecular complexity index is 322. The van der Waals surface area contributed by atoms with E-state index in [0.29, 0.717) is 17.3 Å². The molecule has 0 radical (unpaired) electrons. The average molecular weight is 379 g/mol. The number of aryl methyl sites for hydroxylation is 1. The maximum atomic E-state index is 12.5. The predicted octanol–water partition coefficient (Wildman–Crippen LogP) is 4.25. The monoisotopic (exact) mass is 378 g/mol. The van der Waals surface area contributed by atoms with Gasteiger partial charge in [0.05, 0.1) is 5.56 Å². The van der Waals surface area contributed by atoms with Gasteiger partial charge in [-0.2, -0.15) is 13.2 Å². The molecule has 0 saturated heterocycles. The fourth-order valence-electron chi connectivity index (χ4n) is 1.15. The quantitative estimate of drug-likeness (QED) is 0.533. The number of alkyl halides is 4. The number of rotatable bonds is 2. The summed E-state index contributed by atoms with van der Waals surface area (Å²) in [6, 6.07) is 4.19. The largest absolute Gasteiger partial charge is 0.416 e. The maximum absolute atomic E-state index is 12.5. The summed E-state index contributed by atoms with van der Waals surface area (Å²) in [6.45, 7) is 0. The van der Waals surface area contributed by atoms with Crippen LogP contribution in [0.4, 0.5) is 13.2 Å². The van der Waals surface area contributed by atoms with Crippen molar-refractivity contribution in [3.63, 3.8) is 0 Å². The van der Waals surface area contributed by atoms with Crippen molar-refractivity contribution in [2.75, 3.05) is 5.33 Å². The Hall–Kier alpha value is 0.220. The number of hydrogen-bond donors (Lipinski definition) is 0. The summed E-state index contributed by atoms with van der Waals surface area (Å²) >= 11 is 5.15. The molecule has 0 aliphatic heterocycles. The van der Waals surface area contributed by atoms with Crippen LogP contribution in [0.3, 0.4) is 0 Å². The van der Waals surface area contributed by atoms with Gasteiger partial charge in [-0.3, -0.25) is 0 Å². The van der Waals surface area contributed by atoms with Crippen LogP contribution in [0, 0.1) is 3.57 Å². The minimum Gasteiger partial charge on any atom is -0.166 e. The first kappa shape index (κ1) is 12.3. The van der Waals surface area contributed by atoms with Gasteiger partial charge >= 0.3 is 6.18 Å². The summed E-state index contributed by atoms with van der Waals surface area (Å²) in [5, 5.41) is 0.538. The number of benzene rings is 1. The lowest BCUT2D eigenvalue weighted by molar-refractivity contribution is -0.138. The molecule has 0 N–H and O–H groups in total. The van der Waals surface area contributed by atoms with E-state index in [0.717, 1.165) is 9.64 Å². The Labute approximate surface area is 102 Å². The van der Waals surface area contributed by atoms with Crippen molar-refractivity contribution in [3.8, 4) is 0 Å². The van der Waals surface area contributed by atoms with Gasteiger partial charge in [0, 0.05) is 8.90 Å². The molecule has 0 fully saturated rings. The molecule has 0 nitrogen and oxygen atoms in total. The summed E-state index contributed by atoms with van der Waals surface area (Å²) in [5.74, 6) is 0. The normalized spacial score (nSPS) is 11.8. The lowest BCUT2D eigenvalue weighted by atomic mass is 10.1. The van der Waals surface area contributed by atoms with Gasteiger partial charge in [-0.05, 0) is 52.8 Å². The zero-order valence-corrected chi connectivity index (χ0v) is 10.8. The second-order valence-electron chi connectivity index (χ2n) is 2.74. The first-order valence-corrected chi connectivity index (χ1v) is 6.06. The zero-order valence-electron chi connectivity index (χ0n) is 7.04. The second-order valence-corrected chi connectivity index (χ2v) is 4.78. The molecule has 0 aliphatic rings. The van der Waals surface area contributed by atoms with E-state index in [1.807, 2.05) is 22.6 Å². The standard InChI is InChI=1S/C9H7BrF3I/c10-4-3-6-5-7(14)1-2-8(6)9(11,12)13/h1-2,5H,3-4H2. The summed E-state index contributed by atoms with van der Waals surface area (Å²) in [4.78, 5) is 0. The molecular formula is C9H7BrF3I. The molecule has 0 spiro atoms. The van der Waals surface area contributed by atoms with Crippen molar-refractivity contribution < 1.29 is 13.2 Å². The Morgan fingerprint density at radius 2 is 1.93 bits per heavy atom. The minimum atomic E-state index is -4.25. The van der Waals surface area contributed by atoms with E-state index in [9.17, 15) is 13.2 Å². The molecule has 0 aromatic heterocycles. The molecule has 78 valence electrons. The van der Waals surface area contributed by atoms with Crippen LogP contribution in [-0.4, -0.2) is 5.33 Å². The van der Waals surface area contributed by atoms with Crippen molar-refractivity contribution in [2.45, 2.75) is 12.6 Å². The van der Waals surface area contributed by atoms with Crippen LogP contribution in [0.15, 0.2) is 18.2 Å². The zero-order chi connectivity index (χ0) is 10.8. The summed E-state index contributed by atoms with van der Waals surface area (Å²) in [5.41, 5.74) is -0.182. The molecule has 5 heteroatoms. The SMILES string of the molecule is FC(F)(F)c1ccc(I)cc1CCBr. The van der Waals surface area contributed by atoms with Crippen LogP contribution >= 0.6 is 38.5 Å². The van der Waals surface area contributed by atoms with Gasteiger partial charge in [0.2, 0.25) is 0 Å². The van der Waals surface area contributed by atoms with Crippen molar-refractivity contribution >= 4 is 38.5 Å². The van der Waals surface area contributed by atoms with Crippen molar-refractivity contribution in [1.29, 1.82) is 0 Å².